The van der Waals surface area contributed by atoms with Gasteiger partial charge in [-0.3, -0.25) is 0 Å². The van der Waals surface area contributed by atoms with Crippen LogP contribution in [0.4, 0.5) is 0 Å². The lowest BCUT2D eigenvalue weighted by Crippen LogP contribution is -2.04. The molecule has 0 saturated carbocycles. The molecular formula is C15H11ClN4O2S2. The molecule has 2 aromatic heterocycles. The molecule has 2 heterocycles. The molecule has 0 fully saturated rings. The van der Waals surface area contributed by atoms with Crippen LogP contribution in [0.25, 0.3) is 9.88 Å². The zero-order valence-corrected chi connectivity index (χ0v) is 15.1. The van der Waals surface area contributed by atoms with Crippen molar-refractivity contribution in [1.82, 2.24) is 14.6 Å². The molecule has 0 amide bonds. The van der Waals surface area contributed by atoms with Crippen molar-refractivity contribution < 1.29 is 9.63 Å². The Balaban J connectivity index is 1.72. The van der Waals surface area contributed by atoms with Crippen LogP contribution in [0, 0.1) is 6.92 Å². The van der Waals surface area contributed by atoms with Gasteiger partial charge in [0.1, 0.15) is 15.6 Å². The van der Waals surface area contributed by atoms with Crippen molar-refractivity contribution in [2.24, 2.45) is 5.16 Å². The van der Waals surface area contributed by atoms with E-state index in [1.54, 1.807) is 31.2 Å². The number of nitrogens with zero attached hydrogens (tertiary/aromatic N) is 4. The molecule has 0 aliphatic rings. The lowest BCUT2D eigenvalue weighted by molar-refractivity contribution is 0.0516. The largest absolute Gasteiger partial charge is 0.365 e. The number of rotatable bonds is 4. The first-order valence-corrected chi connectivity index (χ1v) is 8.84. The average molecular weight is 379 g/mol. The van der Waals surface area contributed by atoms with Crippen LogP contribution in [0.15, 0.2) is 34.8 Å². The first-order chi connectivity index (χ1) is 11.5. The molecule has 6 nitrogen and oxygen atoms in total. The molecule has 24 heavy (non-hydrogen) atoms. The van der Waals surface area contributed by atoms with Gasteiger partial charge >= 0.3 is 5.97 Å². The molecule has 122 valence electrons. The maximum Gasteiger partial charge on any atom is 0.365 e. The van der Waals surface area contributed by atoms with E-state index >= 15 is 0 Å². The Labute approximate surface area is 150 Å². The van der Waals surface area contributed by atoms with Gasteiger partial charge in [0.05, 0.1) is 17.0 Å². The van der Waals surface area contributed by atoms with Gasteiger partial charge in [-0.15, -0.1) is 16.4 Å². The molecular weight excluding hydrogens is 368 g/mol. The SMILES string of the molecule is C/C(=N\OC(=O)c1ccc(Cl)cc1)c1csc(-c2snnc2C)n1. The topological polar surface area (TPSA) is 77.3 Å². The Morgan fingerprint density at radius 1 is 1.29 bits per heavy atom. The van der Waals surface area contributed by atoms with E-state index in [9.17, 15) is 4.79 Å². The molecule has 3 aromatic rings. The van der Waals surface area contributed by atoms with Crippen LogP contribution in [0.2, 0.25) is 5.02 Å². The number of oxime groups is 1. The van der Waals surface area contributed by atoms with Crippen LogP contribution in [0.5, 0.6) is 0 Å². The van der Waals surface area contributed by atoms with Crippen molar-refractivity contribution in [2.75, 3.05) is 0 Å². The highest BCUT2D eigenvalue weighted by Crippen LogP contribution is 2.28. The number of aryl methyl sites for hydroxylation is 1. The summed E-state index contributed by atoms with van der Waals surface area (Å²) in [7, 11) is 0. The number of halogens is 1. The number of carbonyl (C=O) groups is 1. The lowest BCUT2D eigenvalue weighted by Gasteiger charge is -1.99. The molecule has 0 unspecified atom stereocenters. The molecule has 9 heteroatoms. The Morgan fingerprint density at radius 3 is 2.71 bits per heavy atom. The zero-order chi connectivity index (χ0) is 17.1. The monoisotopic (exact) mass is 378 g/mol. The van der Waals surface area contributed by atoms with Gasteiger partial charge in [-0.25, -0.2) is 9.78 Å². The Kier molecular flexibility index (Phi) is 4.98. The third-order valence-electron chi connectivity index (χ3n) is 3.07. The lowest BCUT2D eigenvalue weighted by atomic mass is 10.2. The third kappa shape index (κ3) is 3.66. The van der Waals surface area contributed by atoms with E-state index < -0.39 is 5.97 Å². The summed E-state index contributed by atoms with van der Waals surface area (Å²) >= 11 is 8.55. The highest BCUT2D eigenvalue weighted by molar-refractivity contribution is 7.18. The van der Waals surface area contributed by atoms with Gasteiger partial charge in [0, 0.05) is 10.4 Å². The van der Waals surface area contributed by atoms with Crippen LogP contribution >= 0.6 is 34.5 Å². The van der Waals surface area contributed by atoms with Gasteiger partial charge in [-0.2, -0.15) is 0 Å². The molecule has 3 rings (SSSR count). The molecule has 0 aliphatic heterocycles. The highest BCUT2D eigenvalue weighted by atomic mass is 35.5. The molecule has 0 radical (unpaired) electrons. The van der Waals surface area contributed by atoms with Gasteiger partial charge in [0.25, 0.3) is 0 Å². The predicted octanol–water partition coefficient (Wildman–Crippen LogP) is 4.20. The molecule has 0 saturated heterocycles. The normalized spacial score (nSPS) is 11.5. The molecule has 0 N–H and O–H groups in total. The van der Waals surface area contributed by atoms with Crippen LogP contribution in [-0.4, -0.2) is 26.3 Å². The van der Waals surface area contributed by atoms with Crippen LogP contribution < -0.4 is 0 Å². The van der Waals surface area contributed by atoms with Crippen molar-refractivity contribution >= 4 is 46.2 Å². The maximum absolute atomic E-state index is 11.9. The first-order valence-electron chi connectivity index (χ1n) is 6.81. The van der Waals surface area contributed by atoms with Crippen molar-refractivity contribution in [3.8, 4) is 9.88 Å². The fourth-order valence-electron chi connectivity index (χ4n) is 1.77. The molecule has 0 spiro atoms. The summed E-state index contributed by atoms with van der Waals surface area (Å²) in [5.41, 5.74) is 2.37. The summed E-state index contributed by atoms with van der Waals surface area (Å²) in [5, 5.41) is 11.0. The van der Waals surface area contributed by atoms with Crippen LogP contribution in [0.3, 0.4) is 0 Å². The summed E-state index contributed by atoms with van der Waals surface area (Å²) < 4.78 is 3.90. The second-order valence-electron chi connectivity index (χ2n) is 4.79. The fraction of sp³-hybridized carbons (Fsp3) is 0.133. The molecule has 0 bridgehead atoms. The smallest absolute Gasteiger partial charge is 0.312 e. The van der Waals surface area contributed by atoms with E-state index in [1.165, 1.54) is 22.9 Å². The van der Waals surface area contributed by atoms with E-state index in [-0.39, 0.29) is 0 Å². The predicted molar refractivity (Wildman–Crippen MR) is 94.8 cm³/mol. The summed E-state index contributed by atoms with van der Waals surface area (Å²) in [6.07, 6.45) is 0. The quantitative estimate of drug-likeness (QED) is 0.386. The minimum atomic E-state index is -0.552. The third-order valence-corrected chi connectivity index (χ3v) is 5.14. The second-order valence-corrected chi connectivity index (χ2v) is 6.84. The van der Waals surface area contributed by atoms with Gasteiger partial charge in [0.2, 0.25) is 0 Å². The number of benzene rings is 1. The average Bonchev–Trinajstić information content (AvgIpc) is 3.21. The van der Waals surface area contributed by atoms with Crippen molar-refractivity contribution in [3.05, 3.63) is 51.6 Å². The zero-order valence-electron chi connectivity index (χ0n) is 12.7. The number of thiazole rings is 1. The number of hydrogen-bond donors (Lipinski definition) is 0. The van der Waals surface area contributed by atoms with E-state index in [2.05, 4.69) is 19.7 Å². The van der Waals surface area contributed by atoms with Crippen LogP contribution in [-0.2, 0) is 4.84 Å². The standard InChI is InChI=1S/C15H11ClN4O2S2/c1-8(19-22-15(21)10-3-5-11(16)6-4-10)12-7-23-14(17-12)13-9(2)18-20-24-13/h3-7H,1-2H3/b19-8+. The maximum atomic E-state index is 11.9. The van der Waals surface area contributed by atoms with Crippen LogP contribution in [0.1, 0.15) is 28.7 Å². The van der Waals surface area contributed by atoms with Gasteiger partial charge in [0.15, 0.2) is 0 Å². The Bertz CT molecular complexity index is 902. The second kappa shape index (κ2) is 7.16. The Hall–Kier alpha value is -2.16. The van der Waals surface area contributed by atoms with Gasteiger partial charge < -0.3 is 4.84 Å². The summed E-state index contributed by atoms with van der Waals surface area (Å²) in [4.78, 5) is 22.3. The van der Waals surface area contributed by atoms with Gasteiger partial charge in [-0.05, 0) is 49.6 Å². The van der Waals surface area contributed by atoms with E-state index in [0.29, 0.717) is 22.0 Å². The molecule has 0 atom stereocenters. The number of aromatic nitrogens is 3. The highest BCUT2D eigenvalue weighted by Gasteiger charge is 2.13. The van der Waals surface area contributed by atoms with Crippen molar-refractivity contribution in [2.45, 2.75) is 13.8 Å². The minimum absolute atomic E-state index is 0.376. The van der Waals surface area contributed by atoms with Crippen molar-refractivity contribution in [1.29, 1.82) is 0 Å². The molecule has 0 aliphatic carbocycles. The van der Waals surface area contributed by atoms with E-state index in [0.717, 1.165) is 15.6 Å². The Morgan fingerprint density at radius 2 is 2.04 bits per heavy atom. The summed E-state index contributed by atoms with van der Waals surface area (Å²) in [6.45, 7) is 3.61. The summed E-state index contributed by atoms with van der Waals surface area (Å²) in [5.74, 6) is -0.552. The minimum Gasteiger partial charge on any atom is -0.312 e. The van der Waals surface area contributed by atoms with Crippen molar-refractivity contribution in [3.63, 3.8) is 0 Å². The van der Waals surface area contributed by atoms with E-state index in [4.69, 9.17) is 16.4 Å². The fourth-order valence-corrected chi connectivity index (χ4v) is 3.54. The van der Waals surface area contributed by atoms with E-state index in [1.807, 2.05) is 12.3 Å². The molecule has 1 aromatic carbocycles. The summed E-state index contributed by atoms with van der Waals surface area (Å²) in [6, 6.07) is 6.39. The number of hydrogen-bond acceptors (Lipinski definition) is 8. The number of carbonyl (C=O) groups excluding carboxylic acids is 1. The first kappa shape index (κ1) is 16.7. The van der Waals surface area contributed by atoms with Gasteiger partial charge in [-0.1, -0.05) is 21.2 Å².